The highest BCUT2D eigenvalue weighted by Gasteiger charge is 2.23. The minimum Gasteiger partial charge on any atom is -0.466 e. The van der Waals surface area contributed by atoms with E-state index in [-0.39, 0.29) is 12.2 Å². The van der Waals surface area contributed by atoms with E-state index in [2.05, 4.69) is 10.1 Å². The molecule has 0 aromatic heterocycles. The van der Waals surface area contributed by atoms with Gasteiger partial charge in [-0.2, -0.15) is 0 Å². The number of hydrogen-bond acceptors (Lipinski definition) is 4. The van der Waals surface area contributed by atoms with Gasteiger partial charge in [0.2, 0.25) is 5.91 Å². The molecule has 0 saturated carbocycles. The lowest BCUT2D eigenvalue weighted by Crippen LogP contribution is -2.46. The number of carbonyl (C=O) groups is 3. The SMILES string of the molecule is CCOC(=O)C[C@@H](NC(=O)c1cc(F)cc(F)c1)C(N)=O. The lowest BCUT2D eigenvalue weighted by molar-refractivity contribution is -0.145. The normalized spacial score (nSPS) is 11.6. The van der Waals surface area contributed by atoms with Gasteiger partial charge in [0.05, 0.1) is 13.0 Å². The van der Waals surface area contributed by atoms with Crippen LogP contribution in [0.4, 0.5) is 8.78 Å². The Morgan fingerprint density at radius 3 is 2.29 bits per heavy atom. The van der Waals surface area contributed by atoms with Crippen LogP contribution in [0.3, 0.4) is 0 Å². The second-order valence-corrected chi connectivity index (χ2v) is 4.10. The van der Waals surface area contributed by atoms with E-state index in [0.29, 0.717) is 6.07 Å². The van der Waals surface area contributed by atoms with Crippen LogP contribution in [0.2, 0.25) is 0 Å². The summed E-state index contributed by atoms with van der Waals surface area (Å²) in [7, 11) is 0. The number of halogens is 2. The molecule has 21 heavy (non-hydrogen) atoms. The number of amides is 2. The molecule has 1 atom stereocenters. The lowest BCUT2D eigenvalue weighted by Gasteiger charge is -2.14. The summed E-state index contributed by atoms with van der Waals surface area (Å²) >= 11 is 0. The van der Waals surface area contributed by atoms with Crippen molar-refractivity contribution in [1.82, 2.24) is 5.32 Å². The van der Waals surface area contributed by atoms with E-state index in [1.165, 1.54) is 0 Å². The fraction of sp³-hybridized carbons (Fsp3) is 0.308. The van der Waals surface area contributed by atoms with Gasteiger partial charge in [0, 0.05) is 11.6 Å². The molecule has 0 aliphatic rings. The van der Waals surface area contributed by atoms with Gasteiger partial charge in [0.25, 0.3) is 5.91 Å². The quantitative estimate of drug-likeness (QED) is 0.747. The molecule has 1 aromatic rings. The van der Waals surface area contributed by atoms with Crippen molar-refractivity contribution in [2.45, 2.75) is 19.4 Å². The van der Waals surface area contributed by atoms with Crippen LogP contribution in [-0.4, -0.2) is 30.4 Å². The molecule has 0 aliphatic carbocycles. The van der Waals surface area contributed by atoms with Crippen molar-refractivity contribution in [2.75, 3.05) is 6.61 Å². The van der Waals surface area contributed by atoms with Crippen LogP contribution in [0.15, 0.2) is 18.2 Å². The van der Waals surface area contributed by atoms with Gasteiger partial charge in [-0.25, -0.2) is 8.78 Å². The van der Waals surface area contributed by atoms with Crippen molar-refractivity contribution in [2.24, 2.45) is 5.73 Å². The van der Waals surface area contributed by atoms with Gasteiger partial charge in [-0.15, -0.1) is 0 Å². The fourth-order valence-electron chi connectivity index (χ4n) is 1.54. The van der Waals surface area contributed by atoms with Crippen LogP contribution in [0, 0.1) is 11.6 Å². The lowest BCUT2D eigenvalue weighted by atomic mass is 10.1. The van der Waals surface area contributed by atoms with Crippen molar-refractivity contribution in [3.05, 3.63) is 35.4 Å². The fourth-order valence-corrected chi connectivity index (χ4v) is 1.54. The molecule has 8 heteroatoms. The summed E-state index contributed by atoms with van der Waals surface area (Å²) in [6.45, 7) is 1.68. The molecule has 114 valence electrons. The van der Waals surface area contributed by atoms with Crippen molar-refractivity contribution in [3.8, 4) is 0 Å². The van der Waals surface area contributed by atoms with Gasteiger partial charge in [-0.3, -0.25) is 14.4 Å². The molecule has 1 aromatic carbocycles. The predicted octanol–water partition coefficient (Wildman–Crippen LogP) is 0.502. The van der Waals surface area contributed by atoms with Crippen LogP contribution in [0.25, 0.3) is 0 Å². The number of rotatable bonds is 6. The first kappa shape index (κ1) is 16.5. The zero-order valence-electron chi connectivity index (χ0n) is 11.2. The topological polar surface area (TPSA) is 98.5 Å². The van der Waals surface area contributed by atoms with Gasteiger partial charge in [0.1, 0.15) is 17.7 Å². The highest BCUT2D eigenvalue weighted by molar-refractivity contribution is 5.98. The van der Waals surface area contributed by atoms with E-state index in [1.807, 2.05) is 0 Å². The Balaban J connectivity index is 2.81. The van der Waals surface area contributed by atoms with Gasteiger partial charge < -0.3 is 15.8 Å². The largest absolute Gasteiger partial charge is 0.466 e. The monoisotopic (exact) mass is 300 g/mol. The van der Waals surface area contributed by atoms with Crippen molar-refractivity contribution < 1.29 is 27.9 Å². The summed E-state index contributed by atoms with van der Waals surface area (Å²) in [6, 6.07) is 0.852. The molecule has 0 spiro atoms. The molecule has 0 aliphatic heterocycles. The number of benzene rings is 1. The average molecular weight is 300 g/mol. The summed E-state index contributed by atoms with van der Waals surface area (Å²) < 4.78 is 30.6. The van der Waals surface area contributed by atoms with Gasteiger partial charge in [-0.05, 0) is 19.1 Å². The third-order valence-corrected chi connectivity index (χ3v) is 2.45. The minimum atomic E-state index is -1.33. The summed E-state index contributed by atoms with van der Waals surface area (Å²) in [5, 5.41) is 2.13. The molecule has 0 bridgehead atoms. The van der Waals surface area contributed by atoms with Crippen LogP contribution < -0.4 is 11.1 Å². The molecule has 0 saturated heterocycles. The molecule has 0 radical (unpaired) electrons. The summed E-state index contributed by atoms with van der Waals surface area (Å²) in [4.78, 5) is 34.3. The van der Waals surface area contributed by atoms with E-state index < -0.39 is 41.9 Å². The van der Waals surface area contributed by atoms with Gasteiger partial charge in [0.15, 0.2) is 0 Å². The van der Waals surface area contributed by atoms with Crippen LogP contribution in [-0.2, 0) is 14.3 Å². The Kier molecular flexibility index (Phi) is 5.77. The van der Waals surface area contributed by atoms with Crippen molar-refractivity contribution >= 4 is 17.8 Å². The number of ether oxygens (including phenoxy) is 1. The first-order valence-corrected chi connectivity index (χ1v) is 6.05. The predicted molar refractivity (Wildman–Crippen MR) is 68.1 cm³/mol. The molecule has 0 unspecified atom stereocenters. The first-order valence-electron chi connectivity index (χ1n) is 6.05. The second-order valence-electron chi connectivity index (χ2n) is 4.10. The summed E-state index contributed by atoms with van der Waals surface area (Å²) in [6.07, 6.45) is -0.466. The van der Waals surface area contributed by atoms with Crippen LogP contribution in [0.5, 0.6) is 0 Å². The number of esters is 1. The van der Waals surface area contributed by atoms with Crippen molar-refractivity contribution in [1.29, 1.82) is 0 Å². The second kappa shape index (κ2) is 7.32. The highest BCUT2D eigenvalue weighted by Crippen LogP contribution is 2.08. The van der Waals surface area contributed by atoms with Gasteiger partial charge >= 0.3 is 5.97 Å². The minimum absolute atomic E-state index is 0.105. The molecule has 1 rings (SSSR count). The van der Waals surface area contributed by atoms with Crippen LogP contribution >= 0.6 is 0 Å². The number of nitrogens with two attached hydrogens (primary N) is 1. The molecular weight excluding hydrogens is 286 g/mol. The average Bonchev–Trinajstić information content (AvgIpc) is 2.36. The van der Waals surface area contributed by atoms with Gasteiger partial charge in [-0.1, -0.05) is 0 Å². The maximum atomic E-state index is 13.0. The van der Waals surface area contributed by atoms with E-state index in [9.17, 15) is 23.2 Å². The number of primary amides is 1. The molecule has 0 fully saturated rings. The zero-order chi connectivity index (χ0) is 16.0. The van der Waals surface area contributed by atoms with E-state index in [0.717, 1.165) is 12.1 Å². The van der Waals surface area contributed by atoms with E-state index in [1.54, 1.807) is 6.92 Å². The standard InChI is InChI=1S/C13H14F2N2O4/c1-2-21-11(18)6-10(12(16)19)17-13(20)7-3-8(14)5-9(15)4-7/h3-5,10H,2,6H2,1H3,(H2,16,19)(H,17,20)/t10-/m1/s1. The Hall–Kier alpha value is -2.51. The molecule has 0 heterocycles. The maximum Gasteiger partial charge on any atom is 0.308 e. The zero-order valence-corrected chi connectivity index (χ0v) is 11.2. The third-order valence-electron chi connectivity index (χ3n) is 2.45. The number of carbonyl (C=O) groups excluding carboxylic acids is 3. The van der Waals surface area contributed by atoms with E-state index >= 15 is 0 Å². The number of hydrogen-bond donors (Lipinski definition) is 2. The first-order chi connectivity index (χ1) is 9.83. The Morgan fingerprint density at radius 1 is 1.24 bits per heavy atom. The maximum absolute atomic E-state index is 13.0. The summed E-state index contributed by atoms with van der Waals surface area (Å²) in [5.74, 6) is -4.51. The number of nitrogens with one attached hydrogen (secondary N) is 1. The molecule has 3 N–H and O–H groups in total. The third kappa shape index (κ3) is 5.17. The smallest absolute Gasteiger partial charge is 0.308 e. The highest BCUT2D eigenvalue weighted by atomic mass is 19.1. The molecular formula is C13H14F2N2O4. The Morgan fingerprint density at radius 2 is 1.81 bits per heavy atom. The van der Waals surface area contributed by atoms with Crippen molar-refractivity contribution in [3.63, 3.8) is 0 Å². The Bertz CT molecular complexity index is 543. The molecule has 2 amide bonds. The molecule has 6 nitrogen and oxygen atoms in total. The Labute approximate surface area is 119 Å². The van der Waals surface area contributed by atoms with E-state index in [4.69, 9.17) is 5.73 Å². The van der Waals surface area contributed by atoms with Crippen LogP contribution in [0.1, 0.15) is 23.7 Å². The summed E-state index contributed by atoms with van der Waals surface area (Å²) in [5.41, 5.74) is 4.73.